The monoisotopic (exact) mass is 576 g/mol. The maximum Gasteiger partial charge on any atom is 0.453 e. The van der Waals surface area contributed by atoms with E-state index in [1.807, 2.05) is 0 Å². The number of carbonyl (C=O) groups excluding carboxylic acids is 1. The minimum absolute atomic E-state index is 0.134. The van der Waals surface area contributed by atoms with Gasteiger partial charge < -0.3 is 21.3 Å². The predicted molar refractivity (Wildman–Crippen MR) is 146 cm³/mol. The number of hydrogen-bond acceptors (Lipinski definition) is 5. The molecule has 0 saturated carbocycles. The number of esters is 1. The van der Waals surface area contributed by atoms with Crippen LogP contribution in [-0.2, 0) is 17.6 Å². The smallest absolute Gasteiger partial charge is 0.453 e. The molecule has 5 N–H and O–H groups in total. The summed E-state index contributed by atoms with van der Waals surface area (Å²) in [6.07, 6.45) is -4.55. The normalized spacial score (nSPS) is 12.3. The second kappa shape index (κ2) is 13.3. The summed E-state index contributed by atoms with van der Waals surface area (Å²) >= 11 is 0. The van der Waals surface area contributed by atoms with Crippen LogP contribution >= 0.6 is 0 Å². The quantitative estimate of drug-likeness (QED) is 0.0530. The number of rotatable bonds is 12. The van der Waals surface area contributed by atoms with Gasteiger partial charge in [-0.05, 0) is 91.3 Å². The second-order valence-corrected chi connectivity index (χ2v) is 9.50. The molecule has 0 radical (unpaired) electrons. The van der Waals surface area contributed by atoms with Crippen molar-refractivity contribution >= 4 is 29.4 Å². The molecule has 218 valence electrons. The number of aryl methyl sites for hydroxylation is 2. The van der Waals surface area contributed by atoms with Gasteiger partial charge in [0.05, 0.1) is 5.56 Å². The Labute approximate surface area is 233 Å². The van der Waals surface area contributed by atoms with Gasteiger partial charge in [-0.2, -0.15) is 22.0 Å². The van der Waals surface area contributed by atoms with E-state index in [1.54, 1.807) is 42.5 Å². The molecule has 3 aromatic carbocycles. The summed E-state index contributed by atoms with van der Waals surface area (Å²) in [6, 6.07) is 17.4. The van der Waals surface area contributed by atoms with E-state index in [2.05, 4.69) is 0 Å². The minimum Gasteiger partial charge on any atom is -0.478 e. The molecule has 0 aliphatic rings. The Balaban J connectivity index is 1.53. The number of anilines is 2. The predicted octanol–water partition coefficient (Wildman–Crippen LogP) is 7.08. The van der Waals surface area contributed by atoms with Crippen molar-refractivity contribution < 1.29 is 41.4 Å². The van der Waals surface area contributed by atoms with Gasteiger partial charge in [0.1, 0.15) is 5.75 Å². The molecule has 0 aliphatic carbocycles. The van der Waals surface area contributed by atoms with Crippen molar-refractivity contribution in [1.82, 2.24) is 0 Å². The van der Waals surface area contributed by atoms with Crippen LogP contribution in [0.25, 0.3) is 6.08 Å². The average Bonchev–Trinajstić information content (AvgIpc) is 2.90. The van der Waals surface area contributed by atoms with Crippen molar-refractivity contribution in [3.63, 3.8) is 0 Å². The molecule has 0 aliphatic heterocycles. The van der Waals surface area contributed by atoms with Crippen molar-refractivity contribution in [2.45, 2.75) is 50.6 Å². The van der Waals surface area contributed by atoms with E-state index in [0.717, 1.165) is 5.56 Å². The van der Waals surface area contributed by atoms with Crippen molar-refractivity contribution in [3.8, 4) is 5.75 Å². The van der Waals surface area contributed by atoms with Gasteiger partial charge in [-0.15, -0.1) is 0 Å². The van der Waals surface area contributed by atoms with Gasteiger partial charge in [0, 0.05) is 23.4 Å². The van der Waals surface area contributed by atoms with Gasteiger partial charge in [-0.25, -0.2) is 9.59 Å². The third-order valence-electron chi connectivity index (χ3n) is 6.35. The summed E-state index contributed by atoms with van der Waals surface area (Å²) < 4.78 is 68.0. The SMILES string of the molecule is Nc1ccc(CC/C(=C\c2ccc(OC(=O)c3ccc(CCCCC(F)(F)C(F)(F)F)cc3)cc2)C(=O)O)c(N)c1. The first-order chi connectivity index (χ1) is 19.2. The average molecular weight is 577 g/mol. The minimum atomic E-state index is -5.55. The summed E-state index contributed by atoms with van der Waals surface area (Å²) in [5, 5.41) is 9.61. The van der Waals surface area contributed by atoms with Crippen molar-refractivity contribution in [2.24, 2.45) is 0 Å². The third-order valence-corrected chi connectivity index (χ3v) is 6.35. The number of nitrogens with two attached hydrogens (primary N) is 2. The largest absolute Gasteiger partial charge is 0.478 e. The fraction of sp³-hybridized carbons (Fsp3) is 0.267. The maximum absolute atomic E-state index is 13.0. The number of halogens is 5. The molecule has 3 rings (SSSR count). The molecular formula is C30H29F5N2O4. The van der Waals surface area contributed by atoms with Gasteiger partial charge in [0.15, 0.2) is 0 Å². The van der Waals surface area contributed by atoms with E-state index >= 15 is 0 Å². The molecule has 3 aromatic rings. The van der Waals surface area contributed by atoms with E-state index in [1.165, 1.54) is 30.3 Å². The van der Waals surface area contributed by atoms with Crippen LogP contribution in [-0.4, -0.2) is 29.1 Å². The van der Waals surface area contributed by atoms with E-state index < -0.39 is 30.5 Å². The second-order valence-electron chi connectivity index (χ2n) is 9.50. The highest BCUT2D eigenvalue weighted by atomic mass is 19.4. The molecule has 0 heterocycles. The van der Waals surface area contributed by atoms with Gasteiger partial charge in [0.2, 0.25) is 0 Å². The molecule has 0 spiro atoms. The van der Waals surface area contributed by atoms with Crippen molar-refractivity contribution in [1.29, 1.82) is 0 Å². The fourth-order valence-corrected chi connectivity index (χ4v) is 3.98. The molecule has 41 heavy (non-hydrogen) atoms. The zero-order chi connectivity index (χ0) is 30.2. The number of nitrogen functional groups attached to an aromatic ring is 2. The van der Waals surface area contributed by atoms with Crippen LogP contribution in [0.3, 0.4) is 0 Å². The van der Waals surface area contributed by atoms with Crippen molar-refractivity contribution in [3.05, 3.63) is 94.6 Å². The van der Waals surface area contributed by atoms with E-state index in [0.29, 0.717) is 28.9 Å². The number of alkyl halides is 5. The number of hydrogen-bond donors (Lipinski definition) is 3. The van der Waals surface area contributed by atoms with Crippen LogP contribution in [0.4, 0.5) is 33.3 Å². The number of aliphatic carboxylic acids is 1. The Morgan fingerprint density at radius 1 is 0.854 bits per heavy atom. The summed E-state index contributed by atoms with van der Waals surface area (Å²) in [6.45, 7) is 0. The zero-order valence-electron chi connectivity index (χ0n) is 21.9. The summed E-state index contributed by atoms with van der Waals surface area (Å²) in [4.78, 5) is 24.2. The number of carbonyl (C=O) groups is 2. The molecule has 0 fully saturated rings. The van der Waals surface area contributed by atoms with Gasteiger partial charge in [0.25, 0.3) is 0 Å². The molecule has 11 heteroatoms. The van der Waals surface area contributed by atoms with Gasteiger partial charge in [-0.3, -0.25) is 0 Å². The number of carboxylic acid groups (broad SMARTS) is 1. The molecular weight excluding hydrogens is 547 g/mol. The molecule has 6 nitrogen and oxygen atoms in total. The van der Waals surface area contributed by atoms with E-state index in [4.69, 9.17) is 16.2 Å². The van der Waals surface area contributed by atoms with Gasteiger partial charge in [-0.1, -0.05) is 30.3 Å². The number of unbranched alkanes of at least 4 members (excludes halogenated alkanes) is 1. The lowest BCUT2D eigenvalue weighted by molar-refractivity contribution is -0.284. The van der Waals surface area contributed by atoms with E-state index in [9.17, 15) is 36.6 Å². The highest BCUT2D eigenvalue weighted by Gasteiger charge is 2.56. The molecule has 0 unspecified atom stereocenters. The Bertz CT molecular complexity index is 1390. The molecule has 0 saturated heterocycles. The molecule has 0 amide bonds. The lowest BCUT2D eigenvalue weighted by atomic mass is 10.0. The van der Waals surface area contributed by atoms with E-state index in [-0.39, 0.29) is 42.6 Å². The Morgan fingerprint density at radius 3 is 2.10 bits per heavy atom. The van der Waals surface area contributed by atoms with Crippen LogP contribution in [0, 0.1) is 0 Å². The molecule has 0 bridgehead atoms. The van der Waals surface area contributed by atoms with Crippen molar-refractivity contribution in [2.75, 3.05) is 11.5 Å². The molecule has 0 aromatic heterocycles. The standard InChI is InChI=1S/C30H29F5N2O4/c31-29(32,30(33,34)35)16-2-1-3-19-4-8-22(9-5-19)28(40)41-25-14-6-20(7-15-25)17-23(27(38)39)11-10-21-12-13-24(36)18-26(21)37/h4-9,12-15,17-18H,1-3,10-11,16,36-37H2,(H,38,39)/b23-17+. The summed E-state index contributed by atoms with van der Waals surface area (Å²) in [5.41, 5.74) is 15.1. The highest BCUT2D eigenvalue weighted by molar-refractivity contribution is 5.92. The van der Waals surface area contributed by atoms with Crippen LogP contribution in [0.15, 0.2) is 72.3 Å². The first kappa shape index (κ1) is 31.1. The fourth-order valence-electron chi connectivity index (χ4n) is 3.98. The number of carboxylic acids is 1. The maximum atomic E-state index is 13.0. The Hall–Kier alpha value is -4.41. The highest BCUT2D eigenvalue weighted by Crippen LogP contribution is 2.39. The lowest BCUT2D eigenvalue weighted by Crippen LogP contribution is -2.36. The third kappa shape index (κ3) is 9.06. The van der Waals surface area contributed by atoms with Gasteiger partial charge >= 0.3 is 24.0 Å². The van der Waals surface area contributed by atoms with Crippen LogP contribution in [0.5, 0.6) is 5.75 Å². The zero-order valence-corrected chi connectivity index (χ0v) is 21.9. The van der Waals surface area contributed by atoms with Crippen LogP contribution in [0.2, 0.25) is 0 Å². The van der Waals surface area contributed by atoms with Crippen LogP contribution in [0.1, 0.15) is 52.7 Å². The van der Waals surface area contributed by atoms with Crippen LogP contribution < -0.4 is 16.2 Å². The Morgan fingerprint density at radius 2 is 1.51 bits per heavy atom. The summed E-state index contributed by atoms with van der Waals surface area (Å²) in [7, 11) is 0. The molecule has 0 atom stereocenters. The topological polar surface area (TPSA) is 116 Å². The lowest BCUT2D eigenvalue weighted by Gasteiger charge is -2.19. The first-order valence-electron chi connectivity index (χ1n) is 12.7. The Kier molecular flexibility index (Phi) is 10.1. The number of benzene rings is 3. The number of ether oxygens (including phenoxy) is 1. The first-order valence-corrected chi connectivity index (χ1v) is 12.7. The summed E-state index contributed by atoms with van der Waals surface area (Å²) in [5.74, 6) is -6.21.